The molecule has 2 amide bonds. The predicted octanol–water partition coefficient (Wildman–Crippen LogP) is -0.741. The SMILES string of the molecule is CNCCC1CC(=O)NC1=O. The van der Waals surface area contributed by atoms with Gasteiger partial charge in [0.1, 0.15) is 0 Å². The molecule has 1 saturated heterocycles. The normalized spacial score (nSPS) is 23.9. The van der Waals surface area contributed by atoms with E-state index in [1.807, 2.05) is 7.05 Å². The molecule has 0 saturated carbocycles. The fraction of sp³-hybridized carbons (Fsp3) is 0.714. The smallest absolute Gasteiger partial charge is 0.230 e. The van der Waals surface area contributed by atoms with Gasteiger partial charge in [0, 0.05) is 12.3 Å². The zero-order chi connectivity index (χ0) is 8.27. The fourth-order valence-corrected chi connectivity index (χ4v) is 1.16. The first kappa shape index (κ1) is 8.20. The number of hydrogen-bond donors (Lipinski definition) is 2. The average molecular weight is 156 g/mol. The number of hydrogen-bond acceptors (Lipinski definition) is 3. The van der Waals surface area contributed by atoms with E-state index in [1.54, 1.807) is 0 Å². The van der Waals surface area contributed by atoms with Crippen LogP contribution in [0.4, 0.5) is 0 Å². The first-order chi connectivity index (χ1) is 5.24. The average Bonchev–Trinajstić information content (AvgIpc) is 2.26. The third-order valence-electron chi connectivity index (χ3n) is 1.81. The first-order valence-electron chi connectivity index (χ1n) is 3.72. The van der Waals surface area contributed by atoms with Crippen LogP contribution in [-0.4, -0.2) is 25.4 Å². The molecule has 62 valence electrons. The van der Waals surface area contributed by atoms with Crippen molar-refractivity contribution < 1.29 is 9.59 Å². The molecule has 0 aromatic carbocycles. The Labute approximate surface area is 65.3 Å². The van der Waals surface area contributed by atoms with E-state index in [2.05, 4.69) is 10.6 Å². The van der Waals surface area contributed by atoms with Crippen LogP contribution in [0.3, 0.4) is 0 Å². The summed E-state index contributed by atoms with van der Waals surface area (Å²) in [4.78, 5) is 21.6. The molecule has 0 aromatic rings. The van der Waals surface area contributed by atoms with Gasteiger partial charge in [0.05, 0.1) is 0 Å². The monoisotopic (exact) mass is 156 g/mol. The fourth-order valence-electron chi connectivity index (χ4n) is 1.16. The van der Waals surface area contributed by atoms with Gasteiger partial charge in [-0.15, -0.1) is 0 Å². The molecule has 1 aliphatic heterocycles. The van der Waals surface area contributed by atoms with Gasteiger partial charge in [-0.3, -0.25) is 14.9 Å². The second-order valence-corrected chi connectivity index (χ2v) is 2.71. The summed E-state index contributed by atoms with van der Waals surface area (Å²) >= 11 is 0. The van der Waals surface area contributed by atoms with Gasteiger partial charge in [-0.05, 0) is 20.0 Å². The van der Waals surface area contributed by atoms with Crippen LogP contribution < -0.4 is 10.6 Å². The molecule has 0 aliphatic carbocycles. The van der Waals surface area contributed by atoms with Crippen molar-refractivity contribution in [2.75, 3.05) is 13.6 Å². The Morgan fingerprint density at radius 3 is 2.82 bits per heavy atom. The van der Waals surface area contributed by atoms with Crippen LogP contribution in [0.25, 0.3) is 0 Å². The summed E-state index contributed by atoms with van der Waals surface area (Å²) in [5.74, 6) is -0.365. The molecule has 1 rings (SSSR count). The topological polar surface area (TPSA) is 58.2 Å². The van der Waals surface area contributed by atoms with E-state index in [9.17, 15) is 9.59 Å². The molecule has 2 N–H and O–H groups in total. The van der Waals surface area contributed by atoms with Crippen LogP contribution in [-0.2, 0) is 9.59 Å². The lowest BCUT2D eigenvalue weighted by atomic mass is 10.0. The number of carbonyl (C=O) groups is 2. The van der Waals surface area contributed by atoms with Gasteiger partial charge in [-0.2, -0.15) is 0 Å². The molecule has 11 heavy (non-hydrogen) atoms. The van der Waals surface area contributed by atoms with E-state index in [1.165, 1.54) is 0 Å². The van der Waals surface area contributed by atoms with Gasteiger partial charge in [0.2, 0.25) is 11.8 Å². The van der Waals surface area contributed by atoms with Crippen LogP contribution >= 0.6 is 0 Å². The molecule has 0 aromatic heterocycles. The van der Waals surface area contributed by atoms with Crippen molar-refractivity contribution >= 4 is 11.8 Å². The van der Waals surface area contributed by atoms with Gasteiger partial charge in [0.25, 0.3) is 0 Å². The van der Waals surface area contributed by atoms with Crippen LogP contribution in [0.5, 0.6) is 0 Å². The van der Waals surface area contributed by atoms with Gasteiger partial charge >= 0.3 is 0 Å². The first-order valence-corrected chi connectivity index (χ1v) is 3.72. The number of carbonyl (C=O) groups excluding carboxylic acids is 2. The molecular weight excluding hydrogens is 144 g/mol. The van der Waals surface area contributed by atoms with Crippen molar-refractivity contribution in [3.8, 4) is 0 Å². The molecule has 0 bridgehead atoms. The second-order valence-electron chi connectivity index (χ2n) is 2.71. The van der Waals surface area contributed by atoms with E-state index in [-0.39, 0.29) is 17.7 Å². The highest BCUT2D eigenvalue weighted by molar-refractivity contribution is 6.03. The number of imide groups is 1. The lowest BCUT2D eigenvalue weighted by molar-refractivity contribution is -0.125. The summed E-state index contributed by atoms with van der Waals surface area (Å²) in [5.41, 5.74) is 0. The number of rotatable bonds is 3. The molecule has 1 aliphatic rings. The summed E-state index contributed by atoms with van der Waals surface area (Å²) in [6.45, 7) is 0.783. The van der Waals surface area contributed by atoms with Crippen molar-refractivity contribution in [3.05, 3.63) is 0 Å². The summed E-state index contributed by atoms with van der Waals surface area (Å²) < 4.78 is 0. The summed E-state index contributed by atoms with van der Waals surface area (Å²) in [6.07, 6.45) is 1.11. The number of amides is 2. The molecule has 0 radical (unpaired) electrons. The second kappa shape index (κ2) is 3.48. The quantitative estimate of drug-likeness (QED) is 0.529. The molecule has 1 unspecified atom stereocenters. The molecule has 4 nitrogen and oxygen atoms in total. The maximum Gasteiger partial charge on any atom is 0.230 e. The van der Waals surface area contributed by atoms with E-state index >= 15 is 0 Å². The van der Waals surface area contributed by atoms with Crippen LogP contribution in [0.15, 0.2) is 0 Å². The minimum absolute atomic E-state index is 0.102. The Morgan fingerprint density at radius 2 is 2.36 bits per heavy atom. The molecule has 1 atom stereocenters. The largest absolute Gasteiger partial charge is 0.320 e. The lowest BCUT2D eigenvalue weighted by Crippen LogP contribution is -2.23. The Kier molecular flexibility index (Phi) is 2.59. The Morgan fingerprint density at radius 1 is 1.64 bits per heavy atom. The molecule has 4 heteroatoms. The van der Waals surface area contributed by atoms with Crippen LogP contribution in [0.2, 0.25) is 0 Å². The highest BCUT2D eigenvalue weighted by atomic mass is 16.2. The Balaban J connectivity index is 2.34. The van der Waals surface area contributed by atoms with Crippen molar-refractivity contribution in [1.29, 1.82) is 0 Å². The Bertz CT molecular complexity index is 179. The molecule has 1 heterocycles. The van der Waals surface area contributed by atoms with Crippen molar-refractivity contribution in [2.24, 2.45) is 5.92 Å². The summed E-state index contributed by atoms with van der Waals surface area (Å²) in [6, 6.07) is 0. The third kappa shape index (κ3) is 2.01. The van der Waals surface area contributed by atoms with Gasteiger partial charge in [-0.1, -0.05) is 0 Å². The highest BCUT2D eigenvalue weighted by Gasteiger charge is 2.29. The number of nitrogens with one attached hydrogen (secondary N) is 2. The van der Waals surface area contributed by atoms with E-state index in [0.717, 1.165) is 13.0 Å². The van der Waals surface area contributed by atoms with Crippen molar-refractivity contribution in [1.82, 2.24) is 10.6 Å². The summed E-state index contributed by atoms with van der Waals surface area (Å²) in [5, 5.41) is 5.21. The Hall–Kier alpha value is -0.900. The maximum absolute atomic E-state index is 10.9. The van der Waals surface area contributed by atoms with Gasteiger partial charge in [0.15, 0.2) is 0 Å². The molecule has 0 spiro atoms. The lowest BCUT2D eigenvalue weighted by Gasteiger charge is -2.02. The zero-order valence-corrected chi connectivity index (χ0v) is 6.52. The van der Waals surface area contributed by atoms with E-state index in [0.29, 0.717) is 6.42 Å². The van der Waals surface area contributed by atoms with E-state index in [4.69, 9.17) is 0 Å². The zero-order valence-electron chi connectivity index (χ0n) is 6.52. The van der Waals surface area contributed by atoms with Gasteiger partial charge < -0.3 is 5.32 Å². The molecule has 1 fully saturated rings. The third-order valence-corrected chi connectivity index (χ3v) is 1.81. The standard InChI is InChI=1S/C7H12N2O2/c1-8-3-2-5-4-6(10)9-7(5)11/h5,8H,2-4H2,1H3,(H,9,10,11). The van der Waals surface area contributed by atoms with Crippen LogP contribution in [0, 0.1) is 5.92 Å². The minimum Gasteiger partial charge on any atom is -0.320 e. The van der Waals surface area contributed by atoms with E-state index < -0.39 is 0 Å². The summed E-state index contributed by atoms with van der Waals surface area (Å²) in [7, 11) is 1.83. The molecular formula is C7H12N2O2. The maximum atomic E-state index is 10.9. The van der Waals surface area contributed by atoms with Crippen molar-refractivity contribution in [3.63, 3.8) is 0 Å². The highest BCUT2D eigenvalue weighted by Crippen LogP contribution is 2.13. The van der Waals surface area contributed by atoms with Gasteiger partial charge in [-0.25, -0.2) is 0 Å². The minimum atomic E-state index is -0.142. The van der Waals surface area contributed by atoms with Crippen molar-refractivity contribution in [2.45, 2.75) is 12.8 Å². The predicted molar refractivity (Wildman–Crippen MR) is 39.8 cm³/mol. The van der Waals surface area contributed by atoms with Crippen LogP contribution in [0.1, 0.15) is 12.8 Å².